The van der Waals surface area contributed by atoms with E-state index in [4.69, 9.17) is 0 Å². The number of hydrogen-bond acceptors (Lipinski definition) is 0. The number of alkyl halides is 3. The molecule has 1 unspecified atom stereocenters. The van der Waals surface area contributed by atoms with Gasteiger partial charge in [0.15, 0.2) is 0 Å². The van der Waals surface area contributed by atoms with Gasteiger partial charge in [-0.2, -0.15) is 13.2 Å². The van der Waals surface area contributed by atoms with Gasteiger partial charge in [-0.15, -0.1) is 0 Å². The first-order valence-electron chi connectivity index (χ1n) is 6.12. The van der Waals surface area contributed by atoms with Crippen LogP contribution in [0, 0.1) is 12.8 Å². The molecule has 1 N–H and O–H groups in total. The molecule has 0 bridgehead atoms. The summed E-state index contributed by atoms with van der Waals surface area (Å²) < 4.78 is 38.4. The molecule has 1 aromatic heterocycles. The molecule has 0 radical (unpaired) electrons. The van der Waals surface area contributed by atoms with Gasteiger partial charge in [-0.1, -0.05) is 11.6 Å². The minimum absolute atomic E-state index is 0.113. The molecule has 1 atom stereocenters. The molecule has 0 amide bonds. The lowest BCUT2D eigenvalue weighted by atomic mass is 9.86. The minimum atomic E-state index is -4.08. The van der Waals surface area contributed by atoms with E-state index < -0.39 is 12.1 Å². The zero-order valence-electron chi connectivity index (χ0n) is 10.1. The molecular formula is C14H14F3N. The number of aromatic nitrogens is 1. The molecule has 18 heavy (non-hydrogen) atoms. The Kier molecular flexibility index (Phi) is 2.44. The minimum Gasteiger partial charge on any atom is -0.358 e. The van der Waals surface area contributed by atoms with Crippen molar-refractivity contribution in [1.29, 1.82) is 0 Å². The highest BCUT2D eigenvalue weighted by atomic mass is 19.4. The van der Waals surface area contributed by atoms with Gasteiger partial charge in [0.05, 0.1) is 5.92 Å². The van der Waals surface area contributed by atoms with Crippen molar-refractivity contribution < 1.29 is 13.2 Å². The SMILES string of the molecule is Cc1ccc2[nH]c3c(c2c1)CC(C(F)(F)F)CC3. The largest absolute Gasteiger partial charge is 0.392 e. The Labute approximate surface area is 103 Å². The highest BCUT2D eigenvalue weighted by Gasteiger charge is 2.41. The number of halogens is 3. The van der Waals surface area contributed by atoms with E-state index in [0.717, 1.165) is 27.7 Å². The molecule has 3 rings (SSSR count). The lowest BCUT2D eigenvalue weighted by Crippen LogP contribution is -2.28. The van der Waals surface area contributed by atoms with Crippen LogP contribution in [-0.2, 0) is 12.8 Å². The lowest BCUT2D eigenvalue weighted by Gasteiger charge is -2.24. The Hall–Kier alpha value is -1.45. The molecule has 0 fully saturated rings. The summed E-state index contributed by atoms with van der Waals surface area (Å²) in [6.45, 7) is 1.96. The molecule has 1 aliphatic rings. The number of nitrogens with one attached hydrogen (secondary N) is 1. The quantitative estimate of drug-likeness (QED) is 0.726. The van der Waals surface area contributed by atoms with Gasteiger partial charge in [-0.3, -0.25) is 0 Å². The Morgan fingerprint density at radius 1 is 1.28 bits per heavy atom. The molecule has 0 aliphatic heterocycles. The fourth-order valence-corrected chi connectivity index (χ4v) is 2.81. The molecule has 96 valence electrons. The van der Waals surface area contributed by atoms with E-state index in [1.807, 2.05) is 25.1 Å². The van der Waals surface area contributed by atoms with E-state index in [1.165, 1.54) is 0 Å². The third-order valence-electron chi connectivity index (χ3n) is 3.81. The summed E-state index contributed by atoms with van der Waals surface area (Å²) in [5.41, 5.74) is 3.88. The van der Waals surface area contributed by atoms with Crippen LogP contribution in [0.4, 0.5) is 13.2 Å². The fourth-order valence-electron chi connectivity index (χ4n) is 2.81. The summed E-state index contributed by atoms with van der Waals surface area (Å²) in [4.78, 5) is 3.25. The van der Waals surface area contributed by atoms with Gasteiger partial charge in [0, 0.05) is 16.6 Å². The molecular weight excluding hydrogens is 239 g/mol. The summed E-state index contributed by atoms with van der Waals surface area (Å²) in [5.74, 6) is -1.19. The van der Waals surface area contributed by atoms with Crippen molar-refractivity contribution in [3.05, 3.63) is 35.0 Å². The van der Waals surface area contributed by atoms with E-state index in [-0.39, 0.29) is 12.8 Å². The average Bonchev–Trinajstić information content (AvgIpc) is 2.65. The number of hydrogen-bond donors (Lipinski definition) is 1. The van der Waals surface area contributed by atoms with Gasteiger partial charge < -0.3 is 4.98 Å². The third kappa shape index (κ3) is 1.80. The first-order chi connectivity index (χ1) is 8.45. The van der Waals surface area contributed by atoms with E-state index in [1.54, 1.807) is 0 Å². The number of fused-ring (bicyclic) bond motifs is 3. The smallest absolute Gasteiger partial charge is 0.358 e. The molecule has 2 aromatic rings. The zero-order chi connectivity index (χ0) is 12.9. The Bertz CT molecular complexity index is 595. The van der Waals surface area contributed by atoms with Crippen molar-refractivity contribution in [2.45, 2.75) is 32.4 Å². The number of aryl methyl sites for hydroxylation is 2. The van der Waals surface area contributed by atoms with Crippen LogP contribution in [0.5, 0.6) is 0 Å². The Morgan fingerprint density at radius 3 is 2.78 bits per heavy atom. The van der Waals surface area contributed by atoms with Crippen molar-refractivity contribution in [1.82, 2.24) is 4.98 Å². The van der Waals surface area contributed by atoms with E-state index >= 15 is 0 Å². The molecule has 1 nitrogen and oxygen atoms in total. The van der Waals surface area contributed by atoms with Crippen LogP contribution < -0.4 is 0 Å². The molecule has 0 saturated carbocycles. The molecule has 1 heterocycles. The van der Waals surface area contributed by atoms with Crippen LogP contribution in [0.1, 0.15) is 23.2 Å². The monoisotopic (exact) mass is 253 g/mol. The first-order valence-corrected chi connectivity index (χ1v) is 6.12. The zero-order valence-corrected chi connectivity index (χ0v) is 10.1. The summed E-state index contributed by atoms with van der Waals surface area (Å²) in [7, 11) is 0. The van der Waals surface area contributed by atoms with Crippen LogP contribution >= 0.6 is 0 Å². The van der Waals surface area contributed by atoms with E-state index in [2.05, 4.69) is 4.98 Å². The van der Waals surface area contributed by atoms with Crippen LogP contribution in [-0.4, -0.2) is 11.2 Å². The molecule has 0 spiro atoms. The normalized spacial score (nSPS) is 20.1. The van der Waals surface area contributed by atoms with Gasteiger partial charge in [0.25, 0.3) is 0 Å². The van der Waals surface area contributed by atoms with Crippen molar-refractivity contribution in [3.63, 3.8) is 0 Å². The standard InChI is InChI=1S/C14H14F3N/c1-8-2-4-12-10(6-8)11-7-9(14(15,16)17)3-5-13(11)18-12/h2,4,6,9,18H,3,5,7H2,1H3. The maximum absolute atomic E-state index is 12.8. The molecule has 4 heteroatoms. The van der Waals surface area contributed by atoms with Gasteiger partial charge >= 0.3 is 6.18 Å². The van der Waals surface area contributed by atoms with Gasteiger partial charge in [0.1, 0.15) is 0 Å². The van der Waals surface area contributed by atoms with E-state index in [0.29, 0.717) is 6.42 Å². The molecule has 1 aliphatic carbocycles. The van der Waals surface area contributed by atoms with Crippen LogP contribution in [0.2, 0.25) is 0 Å². The summed E-state index contributed by atoms with van der Waals surface area (Å²) in [5, 5.41) is 0.957. The maximum Gasteiger partial charge on any atom is 0.392 e. The van der Waals surface area contributed by atoms with Crippen molar-refractivity contribution in [2.75, 3.05) is 0 Å². The van der Waals surface area contributed by atoms with Crippen molar-refractivity contribution in [3.8, 4) is 0 Å². The van der Waals surface area contributed by atoms with Gasteiger partial charge in [-0.25, -0.2) is 0 Å². The average molecular weight is 253 g/mol. The van der Waals surface area contributed by atoms with Crippen molar-refractivity contribution in [2.24, 2.45) is 5.92 Å². The van der Waals surface area contributed by atoms with E-state index in [9.17, 15) is 13.2 Å². The Balaban J connectivity index is 2.08. The highest BCUT2D eigenvalue weighted by Crippen LogP contribution is 2.39. The predicted octanol–water partition coefficient (Wildman–Crippen LogP) is 4.14. The van der Waals surface area contributed by atoms with Crippen molar-refractivity contribution >= 4 is 10.9 Å². The number of aromatic amines is 1. The molecule has 0 saturated heterocycles. The van der Waals surface area contributed by atoms with Crippen LogP contribution in [0.3, 0.4) is 0 Å². The Morgan fingerprint density at radius 2 is 2.06 bits per heavy atom. The summed E-state index contributed by atoms with van der Waals surface area (Å²) in [6.07, 6.45) is -3.27. The lowest BCUT2D eigenvalue weighted by molar-refractivity contribution is -0.177. The van der Waals surface area contributed by atoms with Gasteiger partial charge in [0.2, 0.25) is 0 Å². The second kappa shape index (κ2) is 3.77. The topological polar surface area (TPSA) is 15.8 Å². The second-order valence-electron chi connectivity index (χ2n) is 5.11. The summed E-state index contributed by atoms with van der Waals surface area (Å²) >= 11 is 0. The second-order valence-corrected chi connectivity index (χ2v) is 5.11. The fraction of sp³-hybridized carbons (Fsp3) is 0.429. The predicted molar refractivity (Wildman–Crippen MR) is 64.6 cm³/mol. The number of rotatable bonds is 0. The highest BCUT2D eigenvalue weighted by molar-refractivity contribution is 5.85. The molecule has 1 aromatic carbocycles. The summed E-state index contributed by atoms with van der Waals surface area (Å²) in [6, 6.07) is 5.90. The number of H-pyrrole nitrogens is 1. The van der Waals surface area contributed by atoms with Gasteiger partial charge in [-0.05, 0) is 43.9 Å². The van der Waals surface area contributed by atoms with Crippen LogP contribution in [0.15, 0.2) is 18.2 Å². The van der Waals surface area contributed by atoms with Crippen LogP contribution in [0.25, 0.3) is 10.9 Å². The number of benzene rings is 1. The first kappa shape index (κ1) is 11.6. The maximum atomic E-state index is 12.8. The third-order valence-corrected chi connectivity index (χ3v) is 3.81.